The van der Waals surface area contributed by atoms with Crippen molar-refractivity contribution in [3.05, 3.63) is 34.9 Å². The van der Waals surface area contributed by atoms with Crippen LogP contribution in [0.1, 0.15) is 30.0 Å². The summed E-state index contributed by atoms with van der Waals surface area (Å²) in [7, 11) is 0. The molecule has 0 saturated carbocycles. The Morgan fingerprint density at radius 3 is 2.60 bits per heavy atom. The lowest BCUT2D eigenvalue weighted by Crippen LogP contribution is -2.24. The number of aryl methyl sites for hydroxylation is 2. The van der Waals surface area contributed by atoms with Crippen LogP contribution in [0.4, 0.5) is 0 Å². The molecule has 0 fully saturated rings. The number of hydrogen-bond donors (Lipinski definition) is 1. The van der Waals surface area contributed by atoms with Crippen molar-refractivity contribution in [2.45, 2.75) is 33.6 Å². The van der Waals surface area contributed by atoms with E-state index in [1.807, 2.05) is 6.92 Å². The van der Waals surface area contributed by atoms with Crippen molar-refractivity contribution in [1.82, 2.24) is 5.32 Å². The number of hydrogen-bond acceptors (Lipinski definition) is 1. The van der Waals surface area contributed by atoms with Crippen LogP contribution in [-0.2, 0) is 11.2 Å². The fourth-order valence-electron chi connectivity index (χ4n) is 1.43. The second-order valence-electron chi connectivity index (χ2n) is 3.87. The van der Waals surface area contributed by atoms with Gasteiger partial charge >= 0.3 is 0 Å². The molecule has 0 aliphatic rings. The van der Waals surface area contributed by atoms with E-state index in [0.717, 1.165) is 13.0 Å². The standard InChI is InChI=1S/C13H19NO/c1-4-13(15)14-8-7-12-6-5-10(2)11(3)9-12/h5-6,9H,4,7-8H2,1-3H3,(H,14,15). The maximum absolute atomic E-state index is 11.0. The van der Waals surface area contributed by atoms with E-state index in [1.165, 1.54) is 16.7 Å². The van der Waals surface area contributed by atoms with Crippen LogP contribution in [-0.4, -0.2) is 12.5 Å². The van der Waals surface area contributed by atoms with Crippen LogP contribution in [0.25, 0.3) is 0 Å². The molecular formula is C13H19NO. The number of amides is 1. The maximum Gasteiger partial charge on any atom is 0.219 e. The Kier molecular flexibility index (Phi) is 4.35. The van der Waals surface area contributed by atoms with E-state index in [4.69, 9.17) is 0 Å². The average molecular weight is 205 g/mol. The highest BCUT2D eigenvalue weighted by Crippen LogP contribution is 2.09. The molecule has 0 radical (unpaired) electrons. The van der Waals surface area contributed by atoms with Crippen LogP contribution >= 0.6 is 0 Å². The first-order valence-corrected chi connectivity index (χ1v) is 5.46. The molecular weight excluding hydrogens is 186 g/mol. The zero-order valence-electron chi connectivity index (χ0n) is 9.76. The lowest BCUT2D eigenvalue weighted by Gasteiger charge is -2.06. The van der Waals surface area contributed by atoms with Crippen LogP contribution in [0.5, 0.6) is 0 Å². The summed E-state index contributed by atoms with van der Waals surface area (Å²) in [6.45, 7) is 6.82. The van der Waals surface area contributed by atoms with Gasteiger partial charge in [-0.25, -0.2) is 0 Å². The third-order valence-electron chi connectivity index (χ3n) is 2.63. The van der Waals surface area contributed by atoms with E-state index in [9.17, 15) is 4.79 Å². The van der Waals surface area contributed by atoms with E-state index in [2.05, 4.69) is 37.4 Å². The lowest BCUT2D eigenvalue weighted by molar-refractivity contribution is -0.120. The lowest BCUT2D eigenvalue weighted by atomic mass is 10.0. The molecule has 0 bridgehead atoms. The zero-order chi connectivity index (χ0) is 11.3. The summed E-state index contributed by atoms with van der Waals surface area (Å²) in [5.74, 6) is 0.124. The Morgan fingerprint density at radius 1 is 1.27 bits per heavy atom. The van der Waals surface area contributed by atoms with Gasteiger partial charge in [0, 0.05) is 13.0 Å². The van der Waals surface area contributed by atoms with E-state index in [0.29, 0.717) is 6.42 Å². The normalized spacial score (nSPS) is 10.1. The SMILES string of the molecule is CCC(=O)NCCc1ccc(C)c(C)c1. The van der Waals surface area contributed by atoms with Crippen LogP contribution < -0.4 is 5.32 Å². The van der Waals surface area contributed by atoms with E-state index >= 15 is 0 Å². The van der Waals surface area contributed by atoms with Gasteiger partial charge in [-0.05, 0) is 37.0 Å². The molecule has 1 rings (SSSR count). The van der Waals surface area contributed by atoms with Crippen molar-refractivity contribution in [3.8, 4) is 0 Å². The Bertz CT molecular complexity index is 344. The van der Waals surface area contributed by atoms with Gasteiger partial charge in [0.05, 0.1) is 0 Å². The minimum atomic E-state index is 0.124. The van der Waals surface area contributed by atoms with Gasteiger partial charge in [-0.1, -0.05) is 25.1 Å². The Balaban J connectivity index is 2.44. The smallest absolute Gasteiger partial charge is 0.219 e. The molecule has 0 atom stereocenters. The summed E-state index contributed by atoms with van der Waals surface area (Å²) in [5, 5.41) is 2.88. The van der Waals surface area contributed by atoms with Crippen molar-refractivity contribution in [2.75, 3.05) is 6.54 Å². The first-order valence-electron chi connectivity index (χ1n) is 5.46. The highest BCUT2D eigenvalue weighted by Gasteiger charge is 1.98. The summed E-state index contributed by atoms with van der Waals surface area (Å²) in [4.78, 5) is 11.0. The van der Waals surface area contributed by atoms with Gasteiger partial charge in [-0.2, -0.15) is 0 Å². The van der Waals surface area contributed by atoms with Crippen LogP contribution in [0.2, 0.25) is 0 Å². The number of benzene rings is 1. The second kappa shape index (κ2) is 5.54. The highest BCUT2D eigenvalue weighted by molar-refractivity contribution is 5.75. The Hall–Kier alpha value is -1.31. The highest BCUT2D eigenvalue weighted by atomic mass is 16.1. The molecule has 0 aliphatic heterocycles. The minimum absolute atomic E-state index is 0.124. The molecule has 2 heteroatoms. The molecule has 1 aromatic carbocycles. The molecule has 0 heterocycles. The molecule has 0 unspecified atom stereocenters. The summed E-state index contributed by atoms with van der Waals surface area (Å²) in [6.07, 6.45) is 1.47. The van der Waals surface area contributed by atoms with Gasteiger partial charge in [0.1, 0.15) is 0 Å². The zero-order valence-corrected chi connectivity index (χ0v) is 9.76. The Labute approximate surface area is 91.7 Å². The van der Waals surface area contributed by atoms with Gasteiger partial charge in [0.25, 0.3) is 0 Å². The predicted molar refractivity (Wildman–Crippen MR) is 62.9 cm³/mol. The summed E-state index contributed by atoms with van der Waals surface area (Å²) < 4.78 is 0. The van der Waals surface area contributed by atoms with E-state index in [1.54, 1.807) is 0 Å². The number of nitrogens with one attached hydrogen (secondary N) is 1. The number of rotatable bonds is 4. The van der Waals surface area contributed by atoms with Crippen molar-refractivity contribution in [3.63, 3.8) is 0 Å². The first-order chi connectivity index (χ1) is 7.13. The minimum Gasteiger partial charge on any atom is -0.356 e. The molecule has 1 amide bonds. The van der Waals surface area contributed by atoms with E-state index < -0.39 is 0 Å². The molecule has 0 spiro atoms. The average Bonchev–Trinajstić information content (AvgIpc) is 2.23. The van der Waals surface area contributed by atoms with Gasteiger partial charge in [-0.15, -0.1) is 0 Å². The molecule has 82 valence electrons. The number of carbonyl (C=O) groups is 1. The fraction of sp³-hybridized carbons (Fsp3) is 0.462. The quantitative estimate of drug-likeness (QED) is 0.803. The third-order valence-corrected chi connectivity index (χ3v) is 2.63. The summed E-state index contributed by atoms with van der Waals surface area (Å²) >= 11 is 0. The second-order valence-corrected chi connectivity index (χ2v) is 3.87. The molecule has 0 aromatic heterocycles. The van der Waals surface area contributed by atoms with Gasteiger partial charge in [-0.3, -0.25) is 4.79 Å². The molecule has 0 aliphatic carbocycles. The fourth-order valence-corrected chi connectivity index (χ4v) is 1.43. The summed E-state index contributed by atoms with van der Waals surface area (Å²) in [6, 6.07) is 6.44. The van der Waals surface area contributed by atoms with Crippen molar-refractivity contribution >= 4 is 5.91 Å². The predicted octanol–water partition coefficient (Wildman–Crippen LogP) is 2.37. The number of carbonyl (C=O) groups excluding carboxylic acids is 1. The third kappa shape index (κ3) is 3.74. The molecule has 15 heavy (non-hydrogen) atoms. The largest absolute Gasteiger partial charge is 0.356 e. The van der Waals surface area contributed by atoms with Crippen LogP contribution in [0.3, 0.4) is 0 Å². The monoisotopic (exact) mass is 205 g/mol. The van der Waals surface area contributed by atoms with E-state index in [-0.39, 0.29) is 5.91 Å². The van der Waals surface area contributed by atoms with Gasteiger partial charge in [0.15, 0.2) is 0 Å². The van der Waals surface area contributed by atoms with Gasteiger partial charge in [0.2, 0.25) is 5.91 Å². The topological polar surface area (TPSA) is 29.1 Å². The molecule has 0 saturated heterocycles. The first kappa shape index (κ1) is 11.8. The maximum atomic E-state index is 11.0. The molecule has 2 nitrogen and oxygen atoms in total. The van der Waals surface area contributed by atoms with Crippen LogP contribution in [0, 0.1) is 13.8 Å². The van der Waals surface area contributed by atoms with Crippen molar-refractivity contribution in [1.29, 1.82) is 0 Å². The van der Waals surface area contributed by atoms with Crippen molar-refractivity contribution < 1.29 is 4.79 Å². The van der Waals surface area contributed by atoms with Crippen LogP contribution in [0.15, 0.2) is 18.2 Å². The molecule has 1 N–H and O–H groups in total. The Morgan fingerprint density at radius 2 is 2.00 bits per heavy atom. The summed E-state index contributed by atoms with van der Waals surface area (Å²) in [5.41, 5.74) is 3.92. The molecule has 1 aromatic rings. The van der Waals surface area contributed by atoms with Gasteiger partial charge < -0.3 is 5.32 Å². The van der Waals surface area contributed by atoms with Crippen molar-refractivity contribution in [2.24, 2.45) is 0 Å².